The molecule has 1 aromatic heterocycles. The van der Waals surface area contributed by atoms with Gasteiger partial charge in [-0.15, -0.1) is 0 Å². The first kappa shape index (κ1) is 18.5. The molecule has 1 aliphatic heterocycles. The van der Waals surface area contributed by atoms with E-state index < -0.39 is 0 Å². The summed E-state index contributed by atoms with van der Waals surface area (Å²) in [5.74, 6) is 2.80. The third kappa shape index (κ3) is 4.55. The molecule has 4 nitrogen and oxygen atoms in total. The Morgan fingerprint density at radius 1 is 1.07 bits per heavy atom. The van der Waals surface area contributed by atoms with Crippen molar-refractivity contribution in [1.29, 1.82) is 0 Å². The fourth-order valence-corrected chi connectivity index (χ4v) is 4.66. The van der Waals surface area contributed by atoms with Gasteiger partial charge in [0.05, 0.1) is 12.8 Å². The Kier molecular flexibility index (Phi) is 6.13. The number of methoxy groups -OCH3 is 1. The minimum atomic E-state index is 0.692. The van der Waals surface area contributed by atoms with Crippen LogP contribution in [-0.2, 0) is 19.3 Å². The molecule has 1 fully saturated rings. The SMILES string of the molecule is COc1ccc(C2CCN(CCCc3onc4c3CCCCC4)CC2)cc1. The Labute approximate surface area is 162 Å². The second-order valence-corrected chi connectivity index (χ2v) is 8.08. The summed E-state index contributed by atoms with van der Waals surface area (Å²) in [6.45, 7) is 3.57. The van der Waals surface area contributed by atoms with Crippen molar-refractivity contribution in [1.82, 2.24) is 10.1 Å². The van der Waals surface area contributed by atoms with E-state index in [1.54, 1.807) is 7.11 Å². The van der Waals surface area contributed by atoms with Gasteiger partial charge in [0, 0.05) is 12.0 Å². The molecule has 0 amide bonds. The summed E-state index contributed by atoms with van der Waals surface area (Å²) in [5, 5.41) is 4.34. The summed E-state index contributed by atoms with van der Waals surface area (Å²) in [6, 6.07) is 8.63. The number of aromatic nitrogens is 1. The second kappa shape index (κ2) is 8.92. The van der Waals surface area contributed by atoms with Gasteiger partial charge in [0.2, 0.25) is 0 Å². The average molecular weight is 369 g/mol. The van der Waals surface area contributed by atoms with Gasteiger partial charge in [-0.05, 0) is 88.2 Å². The number of benzene rings is 1. The van der Waals surface area contributed by atoms with Crippen LogP contribution in [0.5, 0.6) is 5.75 Å². The Hall–Kier alpha value is -1.81. The van der Waals surface area contributed by atoms with Crippen LogP contribution < -0.4 is 4.74 Å². The fourth-order valence-electron chi connectivity index (χ4n) is 4.66. The van der Waals surface area contributed by atoms with Gasteiger partial charge >= 0.3 is 0 Å². The molecule has 0 N–H and O–H groups in total. The van der Waals surface area contributed by atoms with Crippen LogP contribution in [0.1, 0.15) is 67.0 Å². The predicted octanol–water partition coefficient (Wildman–Crippen LogP) is 4.76. The molecule has 0 spiro atoms. The summed E-state index contributed by atoms with van der Waals surface area (Å²) in [5.41, 5.74) is 4.13. The third-order valence-electron chi connectivity index (χ3n) is 6.34. The third-order valence-corrected chi connectivity index (χ3v) is 6.34. The Morgan fingerprint density at radius 3 is 2.63 bits per heavy atom. The Morgan fingerprint density at radius 2 is 1.85 bits per heavy atom. The number of nitrogens with zero attached hydrogens (tertiary/aromatic N) is 2. The zero-order chi connectivity index (χ0) is 18.5. The number of hydrogen-bond donors (Lipinski definition) is 0. The first-order chi connectivity index (χ1) is 13.3. The van der Waals surface area contributed by atoms with E-state index in [-0.39, 0.29) is 0 Å². The van der Waals surface area contributed by atoms with Crippen LogP contribution in [0.3, 0.4) is 0 Å². The lowest BCUT2D eigenvalue weighted by molar-refractivity contribution is 0.208. The molecule has 2 aromatic rings. The highest BCUT2D eigenvalue weighted by Crippen LogP contribution is 2.29. The highest BCUT2D eigenvalue weighted by atomic mass is 16.5. The van der Waals surface area contributed by atoms with Crippen LogP contribution in [0, 0.1) is 0 Å². The van der Waals surface area contributed by atoms with Crippen molar-refractivity contribution in [3.05, 3.63) is 46.8 Å². The molecule has 4 heteroatoms. The lowest BCUT2D eigenvalue weighted by Crippen LogP contribution is -2.33. The van der Waals surface area contributed by atoms with E-state index in [0.29, 0.717) is 5.92 Å². The number of rotatable bonds is 6. The van der Waals surface area contributed by atoms with Crippen molar-refractivity contribution >= 4 is 0 Å². The maximum atomic E-state index is 5.68. The van der Waals surface area contributed by atoms with E-state index in [2.05, 4.69) is 34.3 Å². The predicted molar refractivity (Wildman–Crippen MR) is 107 cm³/mol. The normalized spacial score (nSPS) is 18.9. The van der Waals surface area contributed by atoms with Crippen LogP contribution >= 0.6 is 0 Å². The molecule has 1 aromatic carbocycles. The molecule has 0 saturated carbocycles. The summed E-state index contributed by atoms with van der Waals surface area (Å²) in [7, 11) is 1.73. The smallest absolute Gasteiger partial charge is 0.140 e. The molecule has 0 atom stereocenters. The molecule has 0 unspecified atom stereocenters. The van der Waals surface area contributed by atoms with Gasteiger partial charge in [0.25, 0.3) is 0 Å². The Balaban J connectivity index is 1.22. The van der Waals surface area contributed by atoms with Crippen molar-refractivity contribution in [2.45, 2.75) is 63.7 Å². The largest absolute Gasteiger partial charge is 0.497 e. The van der Waals surface area contributed by atoms with E-state index in [1.165, 1.54) is 87.2 Å². The lowest BCUT2D eigenvalue weighted by Gasteiger charge is -2.32. The number of likely N-dealkylation sites (tertiary alicyclic amines) is 1. The van der Waals surface area contributed by atoms with Crippen molar-refractivity contribution in [2.24, 2.45) is 0 Å². The maximum absolute atomic E-state index is 5.68. The molecule has 1 aliphatic carbocycles. The molecule has 2 aliphatic rings. The van der Waals surface area contributed by atoms with Crippen LogP contribution in [-0.4, -0.2) is 36.8 Å². The van der Waals surface area contributed by atoms with Crippen LogP contribution in [0.4, 0.5) is 0 Å². The fraction of sp³-hybridized carbons (Fsp3) is 0.609. The van der Waals surface area contributed by atoms with Crippen LogP contribution in [0.25, 0.3) is 0 Å². The van der Waals surface area contributed by atoms with Crippen molar-refractivity contribution in [3.63, 3.8) is 0 Å². The maximum Gasteiger partial charge on any atom is 0.140 e. The minimum Gasteiger partial charge on any atom is -0.497 e. The first-order valence-electron chi connectivity index (χ1n) is 10.7. The van der Waals surface area contributed by atoms with Crippen molar-refractivity contribution < 1.29 is 9.26 Å². The molecule has 27 heavy (non-hydrogen) atoms. The van der Waals surface area contributed by atoms with Crippen LogP contribution in [0.2, 0.25) is 0 Å². The van der Waals surface area contributed by atoms with E-state index in [9.17, 15) is 0 Å². The summed E-state index contributed by atoms with van der Waals surface area (Å²) >= 11 is 0. The zero-order valence-electron chi connectivity index (χ0n) is 16.6. The molecule has 146 valence electrons. The first-order valence-corrected chi connectivity index (χ1v) is 10.7. The van der Waals surface area contributed by atoms with Gasteiger partial charge in [-0.1, -0.05) is 23.7 Å². The zero-order valence-corrected chi connectivity index (χ0v) is 16.6. The second-order valence-electron chi connectivity index (χ2n) is 8.08. The van der Waals surface area contributed by atoms with Gasteiger partial charge in [-0.3, -0.25) is 0 Å². The van der Waals surface area contributed by atoms with Gasteiger partial charge in [0.15, 0.2) is 0 Å². The molecular formula is C23H32N2O2. The van der Waals surface area contributed by atoms with Gasteiger partial charge in [-0.25, -0.2) is 0 Å². The van der Waals surface area contributed by atoms with E-state index >= 15 is 0 Å². The standard InChI is InChI=1S/C23H32N2O2/c1-26-20-11-9-18(10-12-20)19-13-16-25(17-14-19)15-5-8-23-21-6-3-2-4-7-22(21)24-27-23/h9-12,19H,2-8,13-17H2,1H3. The monoisotopic (exact) mass is 368 g/mol. The van der Waals surface area contributed by atoms with E-state index in [4.69, 9.17) is 9.26 Å². The summed E-state index contributed by atoms with van der Waals surface area (Å²) in [4.78, 5) is 2.62. The molecule has 0 radical (unpaired) electrons. The molecular weight excluding hydrogens is 336 g/mol. The van der Waals surface area contributed by atoms with Gasteiger partial charge in [0.1, 0.15) is 11.5 Å². The molecule has 0 bridgehead atoms. The topological polar surface area (TPSA) is 38.5 Å². The summed E-state index contributed by atoms with van der Waals surface area (Å²) in [6.07, 6.45) is 10.9. The average Bonchev–Trinajstić information content (AvgIpc) is 2.95. The molecule has 2 heterocycles. The number of hydrogen-bond acceptors (Lipinski definition) is 4. The highest BCUT2D eigenvalue weighted by Gasteiger charge is 2.21. The lowest BCUT2D eigenvalue weighted by atomic mass is 9.89. The van der Waals surface area contributed by atoms with Gasteiger partial charge in [-0.2, -0.15) is 0 Å². The quantitative estimate of drug-likeness (QED) is 0.689. The van der Waals surface area contributed by atoms with E-state index in [1.807, 2.05) is 0 Å². The van der Waals surface area contributed by atoms with Gasteiger partial charge < -0.3 is 14.2 Å². The number of aryl methyl sites for hydroxylation is 2. The van der Waals surface area contributed by atoms with Crippen molar-refractivity contribution in [2.75, 3.05) is 26.7 Å². The molecule has 4 rings (SSSR count). The van der Waals surface area contributed by atoms with Crippen LogP contribution in [0.15, 0.2) is 28.8 Å². The number of piperidine rings is 1. The van der Waals surface area contributed by atoms with Crippen molar-refractivity contribution in [3.8, 4) is 5.75 Å². The minimum absolute atomic E-state index is 0.692. The summed E-state index contributed by atoms with van der Waals surface area (Å²) < 4.78 is 10.9. The highest BCUT2D eigenvalue weighted by molar-refractivity contribution is 5.29. The van der Waals surface area contributed by atoms with E-state index in [0.717, 1.165) is 18.6 Å². The Bertz CT molecular complexity index is 714. The number of ether oxygens (including phenoxy) is 1. The molecule has 1 saturated heterocycles. The number of fused-ring (bicyclic) bond motifs is 1.